The highest BCUT2D eigenvalue weighted by Gasteiger charge is 2.07. The quantitative estimate of drug-likeness (QED) is 0.803. The molecule has 0 unspecified atom stereocenters. The van der Waals surface area contributed by atoms with Gasteiger partial charge in [0, 0.05) is 25.0 Å². The number of rotatable bonds is 5. The minimum atomic E-state index is -0.373. The highest BCUT2D eigenvalue weighted by atomic mass is 16.4. The summed E-state index contributed by atoms with van der Waals surface area (Å²) in [4.78, 5) is 22.7. The molecule has 2 aromatic rings. The molecule has 106 valence electrons. The molecular formula is C15H18N2O3. The van der Waals surface area contributed by atoms with Crippen molar-refractivity contribution in [3.05, 3.63) is 45.8 Å². The molecule has 5 nitrogen and oxygen atoms in total. The number of fused-ring (bicyclic) bond motifs is 1. The fraction of sp³-hybridized carbons (Fsp3) is 0.333. The zero-order valence-corrected chi connectivity index (χ0v) is 11.7. The topological polar surface area (TPSA) is 71.3 Å². The van der Waals surface area contributed by atoms with Crippen molar-refractivity contribution in [1.82, 2.24) is 10.6 Å². The minimum absolute atomic E-state index is 0.0921. The van der Waals surface area contributed by atoms with Crippen molar-refractivity contribution in [3.8, 4) is 0 Å². The van der Waals surface area contributed by atoms with Crippen molar-refractivity contribution >= 4 is 16.9 Å². The van der Waals surface area contributed by atoms with Crippen LogP contribution in [-0.4, -0.2) is 19.5 Å². The number of aryl methyl sites for hydroxylation is 1. The molecule has 2 rings (SSSR count). The fourth-order valence-electron chi connectivity index (χ4n) is 2.04. The van der Waals surface area contributed by atoms with E-state index in [2.05, 4.69) is 10.6 Å². The molecule has 1 heterocycles. The highest BCUT2D eigenvalue weighted by Crippen LogP contribution is 2.18. The summed E-state index contributed by atoms with van der Waals surface area (Å²) in [6.45, 7) is 2.71. The van der Waals surface area contributed by atoms with Crippen molar-refractivity contribution in [3.63, 3.8) is 0 Å². The largest absolute Gasteiger partial charge is 0.423 e. The van der Waals surface area contributed by atoms with E-state index in [0.29, 0.717) is 12.1 Å². The first-order valence-electron chi connectivity index (χ1n) is 6.61. The maximum absolute atomic E-state index is 11.6. The molecule has 0 saturated carbocycles. The van der Waals surface area contributed by atoms with Crippen molar-refractivity contribution in [1.29, 1.82) is 0 Å². The van der Waals surface area contributed by atoms with Gasteiger partial charge in [-0.15, -0.1) is 0 Å². The smallest absolute Gasteiger partial charge is 0.336 e. The summed E-state index contributed by atoms with van der Waals surface area (Å²) in [5, 5.41) is 6.44. The van der Waals surface area contributed by atoms with E-state index in [9.17, 15) is 9.59 Å². The molecule has 2 N–H and O–H groups in total. The Hall–Kier alpha value is -2.14. The lowest BCUT2D eigenvalue weighted by Crippen LogP contribution is -2.31. The highest BCUT2D eigenvalue weighted by molar-refractivity contribution is 5.81. The van der Waals surface area contributed by atoms with Gasteiger partial charge in [-0.2, -0.15) is 0 Å². The molecule has 1 amide bonds. The molecule has 0 atom stereocenters. The van der Waals surface area contributed by atoms with Gasteiger partial charge in [0.15, 0.2) is 0 Å². The lowest BCUT2D eigenvalue weighted by atomic mass is 10.1. The summed E-state index contributed by atoms with van der Waals surface area (Å²) in [6, 6.07) is 7.32. The summed E-state index contributed by atoms with van der Waals surface area (Å²) in [7, 11) is 1.59. The SMILES string of the molecule is CCc1ccc2c(CNCC(=O)NC)cc(=O)oc2c1. The molecule has 0 saturated heterocycles. The second-order valence-corrected chi connectivity index (χ2v) is 4.55. The van der Waals surface area contributed by atoms with Gasteiger partial charge in [0.1, 0.15) is 5.58 Å². The second kappa shape index (κ2) is 6.34. The molecule has 20 heavy (non-hydrogen) atoms. The number of likely N-dealkylation sites (N-methyl/N-ethyl adjacent to an activating group) is 1. The Morgan fingerprint density at radius 1 is 1.30 bits per heavy atom. The van der Waals surface area contributed by atoms with Gasteiger partial charge in [-0.3, -0.25) is 4.79 Å². The molecule has 0 bridgehead atoms. The first-order chi connectivity index (χ1) is 9.63. The van der Waals surface area contributed by atoms with Gasteiger partial charge in [-0.25, -0.2) is 4.79 Å². The van der Waals surface area contributed by atoms with E-state index in [4.69, 9.17) is 4.42 Å². The minimum Gasteiger partial charge on any atom is -0.423 e. The molecule has 5 heteroatoms. The predicted molar refractivity (Wildman–Crippen MR) is 77.6 cm³/mol. The van der Waals surface area contributed by atoms with Crippen LogP contribution < -0.4 is 16.3 Å². The number of hydrogen-bond donors (Lipinski definition) is 2. The zero-order valence-electron chi connectivity index (χ0n) is 11.7. The van der Waals surface area contributed by atoms with Crippen molar-refractivity contribution in [2.24, 2.45) is 0 Å². The molecule has 0 aliphatic rings. The molecule has 0 fully saturated rings. The molecule has 0 aliphatic carbocycles. The van der Waals surface area contributed by atoms with Crippen LogP contribution in [0.2, 0.25) is 0 Å². The third-order valence-corrected chi connectivity index (χ3v) is 3.18. The maximum Gasteiger partial charge on any atom is 0.336 e. The Bertz CT molecular complexity index is 676. The lowest BCUT2D eigenvalue weighted by molar-refractivity contribution is -0.119. The Morgan fingerprint density at radius 2 is 2.10 bits per heavy atom. The fourth-order valence-corrected chi connectivity index (χ4v) is 2.04. The van der Waals surface area contributed by atoms with Gasteiger partial charge in [0.05, 0.1) is 6.54 Å². The Labute approximate surface area is 117 Å². The average molecular weight is 274 g/mol. The van der Waals surface area contributed by atoms with E-state index in [1.807, 2.05) is 25.1 Å². The number of carbonyl (C=O) groups is 1. The van der Waals surface area contributed by atoms with E-state index >= 15 is 0 Å². The summed E-state index contributed by atoms with van der Waals surface area (Å²) in [6.07, 6.45) is 0.888. The van der Waals surface area contributed by atoms with Crippen LogP contribution in [0.4, 0.5) is 0 Å². The van der Waals surface area contributed by atoms with Crippen LogP contribution in [0.15, 0.2) is 33.5 Å². The molecule has 1 aromatic carbocycles. The van der Waals surface area contributed by atoms with Crippen LogP contribution in [0.3, 0.4) is 0 Å². The van der Waals surface area contributed by atoms with Gasteiger partial charge in [0.25, 0.3) is 0 Å². The second-order valence-electron chi connectivity index (χ2n) is 4.55. The first-order valence-corrected chi connectivity index (χ1v) is 6.61. The zero-order chi connectivity index (χ0) is 14.5. The van der Waals surface area contributed by atoms with Gasteiger partial charge >= 0.3 is 5.63 Å². The van der Waals surface area contributed by atoms with E-state index in [-0.39, 0.29) is 18.1 Å². The summed E-state index contributed by atoms with van der Waals surface area (Å²) in [5.74, 6) is -0.0921. The van der Waals surface area contributed by atoms with Gasteiger partial charge in [-0.05, 0) is 23.6 Å². The van der Waals surface area contributed by atoms with Crippen LogP contribution in [0, 0.1) is 0 Å². The Kier molecular flexibility index (Phi) is 4.53. The van der Waals surface area contributed by atoms with E-state index < -0.39 is 0 Å². The molecule has 0 aliphatic heterocycles. The molecular weight excluding hydrogens is 256 g/mol. The first kappa shape index (κ1) is 14.3. The maximum atomic E-state index is 11.6. The number of hydrogen-bond acceptors (Lipinski definition) is 4. The average Bonchev–Trinajstić information content (AvgIpc) is 2.45. The number of nitrogens with one attached hydrogen (secondary N) is 2. The molecule has 0 spiro atoms. The van der Waals surface area contributed by atoms with Crippen molar-refractivity contribution < 1.29 is 9.21 Å². The van der Waals surface area contributed by atoms with Gasteiger partial charge < -0.3 is 15.1 Å². The monoisotopic (exact) mass is 274 g/mol. The van der Waals surface area contributed by atoms with Crippen LogP contribution >= 0.6 is 0 Å². The summed E-state index contributed by atoms with van der Waals surface area (Å²) < 4.78 is 5.23. The predicted octanol–water partition coefficient (Wildman–Crippen LogP) is 1.19. The van der Waals surface area contributed by atoms with Crippen LogP contribution in [0.1, 0.15) is 18.1 Å². The van der Waals surface area contributed by atoms with Crippen molar-refractivity contribution in [2.45, 2.75) is 19.9 Å². The van der Waals surface area contributed by atoms with Crippen LogP contribution in [0.25, 0.3) is 11.0 Å². The van der Waals surface area contributed by atoms with E-state index in [1.54, 1.807) is 7.05 Å². The molecule has 0 radical (unpaired) electrons. The summed E-state index contributed by atoms with van der Waals surface area (Å²) in [5.41, 5.74) is 2.18. The standard InChI is InChI=1S/C15H18N2O3/c1-3-10-4-5-12-11(8-17-9-14(18)16-2)7-15(19)20-13(12)6-10/h4-7,17H,3,8-9H2,1-2H3,(H,16,18). The lowest BCUT2D eigenvalue weighted by Gasteiger charge is -2.07. The number of carbonyl (C=O) groups excluding carboxylic acids is 1. The van der Waals surface area contributed by atoms with Gasteiger partial charge in [0.2, 0.25) is 5.91 Å². The Morgan fingerprint density at radius 3 is 2.80 bits per heavy atom. The summed E-state index contributed by atoms with van der Waals surface area (Å²) >= 11 is 0. The normalized spacial score (nSPS) is 10.7. The van der Waals surface area contributed by atoms with Crippen LogP contribution in [0.5, 0.6) is 0 Å². The number of amides is 1. The van der Waals surface area contributed by atoms with Crippen LogP contribution in [-0.2, 0) is 17.8 Å². The third kappa shape index (κ3) is 3.24. The van der Waals surface area contributed by atoms with E-state index in [1.165, 1.54) is 6.07 Å². The van der Waals surface area contributed by atoms with E-state index in [0.717, 1.165) is 22.9 Å². The van der Waals surface area contributed by atoms with Gasteiger partial charge in [-0.1, -0.05) is 19.1 Å². The Balaban J connectivity index is 2.28. The molecule has 1 aromatic heterocycles. The number of benzene rings is 1. The van der Waals surface area contributed by atoms with Crippen molar-refractivity contribution in [2.75, 3.05) is 13.6 Å². The third-order valence-electron chi connectivity index (χ3n) is 3.18.